The van der Waals surface area contributed by atoms with Gasteiger partial charge in [0, 0.05) is 43.6 Å². The second kappa shape index (κ2) is 10.5. The number of anilines is 1. The van der Waals surface area contributed by atoms with Gasteiger partial charge >= 0.3 is 0 Å². The van der Waals surface area contributed by atoms with Crippen molar-refractivity contribution in [3.63, 3.8) is 0 Å². The van der Waals surface area contributed by atoms with Crippen molar-refractivity contribution in [1.82, 2.24) is 24.4 Å². The van der Waals surface area contributed by atoms with Gasteiger partial charge in [0.2, 0.25) is 0 Å². The van der Waals surface area contributed by atoms with E-state index in [2.05, 4.69) is 20.3 Å². The normalized spacial score (nSPS) is 11.8. The standard InChI is InChI=1S/C31H30N6O2/c1-19-16-22(14-15-32-19)25-13-9-10-23-17-27(37(31(39)28(23)25)24-11-7-6-8-12-24)20(2)34-29-26(30(38)36(4)5)18-33-21(3)35-29/h6-18,20H,1-5H3,(H,33,34,35)/t20-/m0/s1. The summed E-state index contributed by atoms with van der Waals surface area (Å²) in [4.78, 5) is 41.8. The van der Waals surface area contributed by atoms with E-state index in [9.17, 15) is 9.59 Å². The number of fused-ring (bicyclic) bond motifs is 1. The summed E-state index contributed by atoms with van der Waals surface area (Å²) in [5, 5.41) is 4.85. The lowest BCUT2D eigenvalue weighted by atomic mass is 9.98. The van der Waals surface area contributed by atoms with Crippen LogP contribution in [0.2, 0.25) is 0 Å². The number of amides is 1. The Bertz CT molecular complexity index is 1740. The maximum absolute atomic E-state index is 14.3. The molecule has 8 nitrogen and oxygen atoms in total. The van der Waals surface area contributed by atoms with E-state index in [0.29, 0.717) is 22.6 Å². The van der Waals surface area contributed by atoms with Gasteiger partial charge in [-0.25, -0.2) is 9.97 Å². The number of pyridine rings is 2. The number of carbonyl (C=O) groups excluding carboxylic acids is 1. The third kappa shape index (κ3) is 5.01. The first-order chi connectivity index (χ1) is 18.7. The molecule has 5 rings (SSSR count). The van der Waals surface area contributed by atoms with Crippen molar-refractivity contribution in [1.29, 1.82) is 0 Å². The monoisotopic (exact) mass is 518 g/mol. The van der Waals surface area contributed by atoms with Gasteiger partial charge in [0.05, 0.1) is 11.4 Å². The highest BCUT2D eigenvalue weighted by molar-refractivity contribution is 5.98. The molecule has 8 heteroatoms. The average molecular weight is 519 g/mol. The molecule has 196 valence electrons. The van der Waals surface area contributed by atoms with Crippen LogP contribution in [0.25, 0.3) is 27.6 Å². The number of benzene rings is 2. The van der Waals surface area contributed by atoms with Gasteiger partial charge in [0.1, 0.15) is 17.2 Å². The molecule has 0 unspecified atom stereocenters. The minimum absolute atomic E-state index is 0.129. The number of aryl methyl sites for hydroxylation is 2. The fourth-order valence-electron chi connectivity index (χ4n) is 4.75. The number of aromatic nitrogens is 4. The van der Waals surface area contributed by atoms with Crippen LogP contribution in [0.1, 0.15) is 40.5 Å². The summed E-state index contributed by atoms with van der Waals surface area (Å²) in [6.07, 6.45) is 3.29. The first kappa shape index (κ1) is 25.8. The number of nitrogens with zero attached hydrogens (tertiary/aromatic N) is 5. The second-order valence-electron chi connectivity index (χ2n) is 9.75. The van der Waals surface area contributed by atoms with Crippen LogP contribution in [0, 0.1) is 13.8 Å². The Kier molecular flexibility index (Phi) is 6.94. The number of hydrogen-bond acceptors (Lipinski definition) is 6. The molecule has 2 aromatic carbocycles. The van der Waals surface area contributed by atoms with E-state index in [-0.39, 0.29) is 17.5 Å². The Labute approximate surface area is 227 Å². The number of nitrogens with one attached hydrogen (secondary N) is 1. The first-order valence-corrected chi connectivity index (χ1v) is 12.7. The number of hydrogen-bond donors (Lipinski definition) is 1. The van der Waals surface area contributed by atoms with Gasteiger partial charge in [0.15, 0.2) is 0 Å². The molecule has 0 fully saturated rings. The van der Waals surface area contributed by atoms with E-state index in [4.69, 9.17) is 0 Å². The third-order valence-corrected chi connectivity index (χ3v) is 6.64. The molecule has 0 aliphatic carbocycles. The highest BCUT2D eigenvalue weighted by atomic mass is 16.2. The Morgan fingerprint density at radius 3 is 2.46 bits per heavy atom. The average Bonchev–Trinajstić information content (AvgIpc) is 2.92. The molecule has 1 atom stereocenters. The van der Waals surface area contributed by atoms with Crippen molar-refractivity contribution in [3.8, 4) is 16.8 Å². The second-order valence-corrected chi connectivity index (χ2v) is 9.75. The molecule has 3 aromatic heterocycles. The van der Waals surface area contributed by atoms with E-state index in [1.807, 2.05) is 80.6 Å². The molecule has 0 aliphatic heterocycles. The number of para-hydroxylation sites is 1. The summed E-state index contributed by atoms with van der Waals surface area (Å²) in [7, 11) is 3.38. The van der Waals surface area contributed by atoms with Crippen molar-refractivity contribution < 1.29 is 4.79 Å². The van der Waals surface area contributed by atoms with Crippen LogP contribution in [0.3, 0.4) is 0 Å². The molecule has 0 aliphatic rings. The van der Waals surface area contributed by atoms with Crippen LogP contribution in [-0.2, 0) is 0 Å². The third-order valence-electron chi connectivity index (χ3n) is 6.64. The Morgan fingerprint density at radius 2 is 1.74 bits per heavy atom. The summed E-state index contributed by atoms with van der Waals surface area (Å²) in [5.41, 5.74) is 4.39. The SMILES string of the molecule is Cc1cc(-c2cccc3cc([C@H](C)Nc4nc(C)ncc4C(=O)N(C)C)n(-c4ccccc4)c(=O)c23)ccn1. The minimum atomic E-state index is -0.378. The van der Waals surface area contributed by atoms with Gasteiger partial charge in [-0.1, -0.05) is 36.4 Å². The molecule has 0 saturated carbocycles. The van der Waals surface area contributed by atoms with E-state index < -0.39 is 0 Å². The van der Waals surface area contributed by atoms with E-state index in [0.717, 1.165) is 33.6 Å². The largest absolute Gasteiger partial charge is 0.361 e. The van der Waals surface area contributed by atoms with Gasteiger partial charge in [0.25, 0.3) is 11.5 Å². The molecule has 0 bridgehead atoms. The predicted octanol–water partition coefficient (Wildman–Crippen LogP) is 5.33. The molecule has 1 N–H and O–H groups in total. The summed E-state index contributed by atoms with van der Waals surface area (Å²) in [6.45, 7) is 5.67. The summed E-state index contributed by atoms with van der Waals surface area (Å²) in [5.74, 6) is 0.749. The van der Waals surface area contributed by atoms with Crippen LogP contribution < -0.4 is 10.9 Å². The lowest BCUT2D eigenvalue weighted by molar-refractivity contribution is 0.0827. The smallest absolute Gasteiger partial charge is 0.263 e. The molecule has 1 amide bonds. The van der Waals surface area contributed by atoms with Crippen molar-refractivity contribution in [2.24, 2.45) is 0 Å². The molecule has 0 saturated heterocycles. The Hall–Kier alpha value is -4.85. The van der Waals surface area contributed by atoms with Gasteiger partial charge in [-0.3, -0.25) is 19.1 Å². The maximum atomic E-state index is 14.3. The zero-order valence-corrected chi connectivity index (χ0v) is 22.6. The van der Waals surface area contributed by atoms with Gasteiger partial charge in [-0.2, -0.15) is 0 Å². The fourth-order valence-corrected chi connectivity index (χ4v) is 4.75. The topological polar surface area (TPSA) is 93.0 Å². The number of rotatable bonds is 6. The molecule has 5 aromatic rings. The summed E-state index contributed by atoms with van der Waals surface area (Å²) in [6, 6.07) is 21.0. The van der Waals surface area contributed by atoms with Crippen LogP contribution >= 0.6 is 0 Å². The van der Waals surface area contributed by atoms with Crippen molar-refractivity contribution in [3.05, 3.63) is 112 Å². The lowest BCUT2D eigenvalue weighted by Crippen LogP contribution is -2.27. The van der Waals surface area contributed by atoms with Crippen LogP contribution in [0.5, 0.6) is 0 Å². The summed E-state index contributed by atoms with van der Waals surface area (Å²) < 4.78 is 1.74. The van der Waals surface area contributed by atoms with Crippen LogP contribution in [0.15, 0.2) is 83.9 Å². The van der Waals surface area contributed by atoms with Crippen molar-refractivity contribution in [2.45, 2.75) is 26.8 Å². The quantitative estimate of drug-likeness (QED) is 0.326. The van der Waals surface area contributed by atoms with Crippen molar-refractivity contribution >= 4 is 22.5 Å². The molecular formula is C31H30N6O2. The van der Waals surface area contributed by atoms with Gasteiger partial charge in [-0.15, -0.1) is 0 Å². The molecule has 0 radical (unpaired) electrons. The van der Waals surface area contributed by atoms with E-state index in [1.165, 1.54) is 11.1 Å². The summed E-state index contributed by atoms with van der Waals surface area (Å²) >= 11 is 0. The zero-order valence-electron chi connectivity index (χ0n) is 22.6. The molecule has 3 heterocycles. The zero-order chi connectivity index (χ0) is 27.7. The van der Waals surface area contributed by atoms with Crippen LogP contribution in [-0.4, -0.2) is 44.4 Å². The number of carbonyl (C=O) groups is 1. The molecular weight excluding hydrogens is 488 g/mol. The molecule has 39 heavy (non-hydrogen) atoms. The Balaban J connectivity index is 1.72. The van der Waals surface area contributed by atoms with Crippen molar-refractivity contribution in [2.75, 3.05) is 19.4 Å². The highest BCUT2D eigenvalue weighted by Crippen LogP contribution is 2.30. The van der Waals surface area contributed by atoms with Crippen LogP contribution in [0.4, 0.5) is 5.82 Å². The highest BCUT2D eigenvalue weighted by Gasteiger charge is 2.22. The Morgan fingerprint density at radius 1 is 0.974 bits per heavy atom. The lowest BCUT2D eigenvalue weighted by Gasteiger charge is -2.23. The molecule has 0 spiro atoms. The van der Waals surface area contributed by atoms with E-state index >= 15 is 0 Å². The maximum Gasteiger partial charge on any atom is 0.263 e. The fraction of sp³-hybridized carbons (Fsp3) is 0.194. The van der Waals surface area contributed by atoms with E-state index in [1.54, 1.807) is 31.8 Å². The van der Waals surface area contributed by atoms with Gasteiger partial charge in [-0.05, 0) is 67.6 Å². The predicted molar refractivity (Wildman–Crippen MR) is 154 cm³/mol. The minimum Gasteiger partial charge on any atom is -0.361 e. The first-order valence-electron chi connectivity index (χ1n) is 12.7. The van der Waals surface area contributed by atoms with Gasteiger partial charge < -0.3 is 10.2 Å².